The second-order valence-corrected chi connectivity index (χ2v) is 4.23. The van der Waals surface area contributed by atoms with Crippen molar-refractivity contribution in [3.05, 3.63) is 78.7 Å². The van der Waals surface area contributed by atoms with Crippen molar-refractivity contribution in [2.24, 2.45) is 0 Å². The first-order chi connectivity index (χ1) is 8.24. The number of ether oxygens (including phenoxy) is 1. The molecule has 87 valence electrons. The van der Waals surface area contributed by atoms with E-state index in [9.17, 15) is 0 Å². The highest BCUT2D eigenvalue weighted by Gasteiger charge is 2.26. The van der Waals surface area contributed by atoms with Crippen LogP contribution in [0.4, 0.5) is 0 Å². The molecular weight excluding hydrogens is 208 g/mol. The predicted molar refractivity (Wildman–Crippen MR) is 70.6 cm³/mol. The van der Waals surface area contributed by atoms with Crippen molar-refractivity contribution < 1.29 is 4.74 Å². The summed E-state index contributed by atoms with van der Waals surface area (Å²) in [4.78, 5) is 0. The van der Waals surface area contributed by atoms with Gasteiger partial charge >= 0.3 is 0 Å². The van der Waals surface area contributed by atoms with E-state index in [4.69, 9.17) is 4.74 Å². The van der Waals surface area contributed by atoms with Gasteiger partial charge in [-0.3, -0.25) is 0 Å². The molecule has 2 aromatic rings. The van der Waals surface area contributed by atoms with Gasteiger partial charge in [-0.25, -0.2) is 0 Å². The number of hydrogen-bond donors (Lipinski definition) is 0. The van der Waals surface area contributed by atoms with E-state index in [1.54, 1.807) is 7.11 Å². The molecule has 0 heterocycles. The van der Waals surface area contributed by atoms with Crippen LogP contribution in [0.3, 0.4) is 0 Å². The van der Waals surface area contributed by atoms with Crippen LogP contribution in [0.1, 0.15) is 11.1 Å². The first-order valence-corrected chi connectivity index (χ1v) is 5.74. The predicted octanol–water partition coefficient (Wildman–Crippen LogP) is 3.61. The molecule has 1 radical (unpaired) electrons. The van der Waals surface area contributed by atoms with Crippen LogP contribution in [0, 0.1) is 6.92 Å². The Morgan fingerprint density at radius 3 is 2.00 bits per heavy atom. The monoisotopic (exact) mass is 225 g/mol. The Morgan fingerprint density at radius 2 is 1.47 bits per heavy atom. The highest BCUT2D eigenvalue weighted by Crippen LogP contribution is 2.28. The van der Waals surface area contributed by atoms with Crippen LogP contribution in [-0.4, -0.2) is 7.11 Å². The van der Waals surface area contributed by atoms with E-state index >= 15 is 0 Å². The summed E-state index contributed by atoms with van der Waals surface area (Å²) in [5, 5.41) is 0. The van der Waals surface area contributed by atoms with E-state index in [-0.39, 0.29) is 0 Å². The lowest BCUT2D eigenvalue weighted by Crippen LogP contribution is -2.27. The van der Waals surface area contributed by atoms with Crippen molar-refractivity contribution in [3.8, 4) is 0 Å². The Morgan fingerprint density at radius 1 is 0.941 bits per heavy atom. The minimum absolute atomic E-state index is 0.511. The molecule has 17 heavy (non-hydrogen) atoms. The van der Waals surface area contributed by atoms with Gasteiger partial charge in [0.2, 0.25) is 0 Å². The van der Waals surface area contributed by atoms with E-state index in [1.165, 1.54) is 5.56 Å². The van der Waals surface area contributed by atoms with Crippen molar-refractivity contribution in [2.75, 3.05) is 7.11 Å². The lowest BCUT2D eigenvalue weighted by molar-refractivity contribution is 0.0266. The summed E-state index contributed by atoms with van der Waals surface area (Å²) in [5.41, 5.74) is 1.82. The van der Waals surface area contributed by atoms with Crippen molar-refractivity contribution in [3.63, 3.8) is 0 Å². The van der Waals surface area contributed by atoms with E-state index in [1.807, 2.05) is 36.4 Å². The Kier molecular flexibility index (Phi) is 3.60. The van der Waals surface area contributed by atoms with E-state index in [0.717, 1.165) is 12.0 Å². The highest BCUT2D eigenvalue weighted by molar-refractivity contribution is 5.28. The lowest BCUT2D eigenvalue weighted by atomic mass is 9.89. The van der Waals surface area contributed by atoms with Gasteiger partial charge < -0.3 is 4.74 Å². The fourth-order valence-corrected chi connectivity index (χ4v) is 1.96. The zero-order valence-electron chi connectivity index (χ0n) is 10.1. The Hall–Kier alpha value is -1.60. The van der Waals surface area contributed by atoms with Gasteiger partial charge in [0.15, 0.2) is 0 Å². The average molecular weight is 225 g/mol. The van der Waals surface area contributed by atoms with Crippen molar-refractivity contribution in [1.29, 1.82) is 0 Å². The Bertz CT molecular complexity index is 449. The van der Waals surface area contributed by atoms with Gasteiger partial charge in [-0.15, -0.1) is 0 Å². The molecule has 0 aliphatic carbocycles. The van der Waals surface area contributed by atoms with Crippen LogP contribution in [-0.2, 0) is 16.8 Å². The molecule has 0 saturated heterocycles. The molecule has 0 bridgehead atoms. The second kappa shape index (κ2) is 5.15. The smallest absolute Gasteiger partial charge is 0.0968 e. The molecule has 2 aromatic carbocycles. The van der Waals surface area contributed by atoms with Gasteiger partial charge in [-0.2, -0.15) is 0 Å². The van der Waals surface area contributed by atoms with Crippen LogP contribution in [0.5, 0.6) is 0 Å². The Labute approximate surface area is 103 Å². The van der Waals surface area contributed by atoms with Gasteiger partial charge in [0.1, 0.15) is 0 Å². The van der Waals surface area contributed by atoms with Crippen LogP contribution in [0.25, 0.3) is 0 Å². The molecule has 1 nitrogen and oxygen atoms in total. The fourth-order valence-electron chi connectivity index (χ4n) is 1.96. The summed E-state index contributed by atoms with van der Waals surface area (Å²) in [7, 11) is 1.71. The minimum atomic E-state index is -0.511. The van der Waals surface area contributed by atoms with Gasteiger partial charge in [-0.1, -0.05) is 60.7 Å². The topological polar surface area (TPSA) is 9.23 Å². The first-order valence-electron chi connectivity index (χ1n) is 5.74. The van der Waals surface area contributed by atoms with Crippen LogP contribution < -0.4 is 0 Å². The molecule has 1 atom stereocenters. The van der Waals surface area contributed by atoms with Crippen molar-refractivity contribution >= 4 is 0 Å². The molecular formula is C16H17O. The van der Waals surface area contributed by atoms with Crippen LogP contribution >= 0.6 is 0 Å². The summed E-state index contributed by atoms with van der Waals surface area (Å²) in [6.45, 7) is 4.23. The normalized spacial score (nSPS) is 14.2. The van der Waals surface area contributed by atoms with Gasteiger partial charge in [-0.05, 0) is 18.1 Å². The summed E-state index contributed by atoms with van der Waals surface area (Å²) in [6.07, 6.45) is 0.772. The molecule has 0 N–H and O–H groups in total. The molecule has 0 aliphatic heterocycles. The fraction of sp³-hybridized carbons (Fsp3) is 0.188. The summed E-state index contributed by atoms with van der Waals surface area (Å²) in [5.74, 6) is 0. The van der Waals surface area contributed by atoms with Crippen LogP contribution in [0.15, 0.2) is 60.7 Å². The molecule has 1 unspecified atom stereocenters. The quantitative estimate of drug-likeness (QED) is 0.772. The molecule has 0 spiro atoms. The maximum atomic E-state index is 5.62. The number of methoxy groups -OCH3 is 1. The van der Waals surface area contributed by atoms with E-state index < -0.39 is 5.60 Å². The summed E-state index contributed by atoms with van der Waals surface area (Å²) < 4.78 is 5.62. The summed E-state index contributed by atoms with van der Waals surface area (Å²) >= 11 is 0. The van der Waals surface area contributed by atoms with Crippen LogP contribution in [0.2, 0.25) is 0 Å². The largest absolute Gasteiger partial charge is 0.373 e. The highest BCUT2D eigenvalue weighted by atomic mass is 16.5. The maximum Gasteiger partial charge on any atom is 0.0968 e. The maximum absolute atomic E-state index is 5.62. The zero-order chi connectivity index (χ0) is 12.1. The van der Waals surface area contributed by atoms with Gasteiger partial charge in [0.05, 0.1) is 5.60 Å². The van der Waals surface area contributed by atoms with Gasteiger partial charge in [0.25, 0.3) is 0 Å². The SMILES string of the molecule is [CH2]C(Cc1ccccc1)(OC)c1ccccc1. The second-order valence-electron chi connectivity index (χ2n) is 4.23. The molecule has 2 rings (SSSR count). The summed E-state index contributed by atoms with van der Waals surface area (Å²) in [6, 6.07) is 20.4. The lowest BCUT2D eigenvalue weighted by Gasteiger charge is -2.28. The zero-order valence-corrected chi connectivity index (χ0v) is 10.1. The molecule has 0 amide bonds. The number of benzene rings is 2. The minimum Gasteiger partial charge on any atom is -0.373 e. The third-order valence-electron chi connectivity index (χ3n) is 3.02. The molecule has 0 aromatic heterocycles. The average Bonchev–Trinajstić information content (AvgIpc) is 2.41. The molecule has 0 fully saturated rings. The third-order valence-corrected chi connectivity index (χ3v) is 3.02. The van der Waals surface area contributed by atoms with E-state index in [2.05, 4.69) is 31.2 Å². The molecule has 1 heteroatoms. The number of hydrogen-bond acceptors (Lipinski definition) is 1. The number of rotatable bonds is 4. The molecule has 0 saturated carbocycles. The first kappa shape index (κ1) is 11.9. The Balaban J connectivity index is 2.27. The third kappa shape index (κ3) is 2.75. The van der Waals surface area contributed by atoms with E-state index in [0.29, 0.717) is 0 Å². The van der Waals surface area contributed by atoms with Crippen molar-refractivity contribution in [2.45, 2.75) is 12.0 Å². The van der Waals surface area contributed by atoms with Crippen molar-refractivity contribution in [1.82, 2.24) is 0 Å². The molecule has 0 aliphatic rings. The van der Waals surface area contributed by atoms with Gasteiger partial charge in [0, 0.05) is 13.5 Å². The standard InChI is InChI=1S/C16H17O/c1-16(17-2,15-11-7-4-8-12-15)13-14-9-5-3-6-10-14/h3-12H,1,13H2,2H3.